The van der Waals surface area contributed by atoms with Gasteiger partial charge < -0.3 is 9.47 Å². The maximum atomic E-state index is 12.7. The van der Waals surface area contributed by atoms with Gasteiger partial charge in [-0.15, -0.1) is 0 Å². The van der Waals surface area contributed by atoms with Gasteiger partial charge in [0, 0.05) is 29.1 Å². The molecule has 2 heterocycles. The van der Waals surface area contributed by atoms with Crippen molar-refractivity contribution >= 4 is 38.6 Å². The van der Waals surface area contributed by atoms with Crippen LogP contribution in [0.25, 0.3) is 11.0 Å². The number of fused-ring (bicyclic) bond motifs is 1. The molecular weight excluding hydrogens is 390 g/mol. The van der Waals surface area contributed by atoms with Gasteiger partial charge in [0.25, 0.3) is 0 Å². The maximum Gasteiger partial charge on any atom is 0.227 e. The second-order valence-corrected chi connectivity index (χ2v) is 7.93. The van der Waals surface area contributed by atoms with Gasteiger partial charge >= 0.3 is 0 Å². The van der Waals surface area contributed by atoms with E-state index in [0.29, 0.717) is 19.5 Å². The smallest absolute Gasteiger partial charge is 0.227 e. The zero-order valence-electron chi connectivity index (χ0n) is 14.7. The number of benzene rings is 2. The molecule has 1 atom stereocenters. The van der Waals surface area contributed by atoms with E-state index in [2.05, 4.69) is 39.2 Å². The predicted octanol–water partition coefficient (Wildman–Crippen LogP) is 4.77. The highest BCUT2D eigenvalue weighted by atomic mass is 79.9. The number of anilines is 1. The summed E-state index contributed by atoms with van der Waals surface area (Å²) in [5, 5.41) is 0. The largest absolute Gasteiger partial charge is 0.323 e. The highest BCUT2D eigenvalue weighted by Crippen LogP contribution is 2.34. The van der Waals surface area contributed by atoms with Crippen LogP contribution in [0.5, 0.6) is 0 Å². The Morgan fingerprint density at radius 3 is 2.85 bits per heavy atom. The molecule has 2 aromatic carbocycles. The fourth-order valence-corrected chi connectivity index (χ4v) is 3.92. The Kier molecular flexibility index (Phi) is 4.41. The van der Waals surface area contributed by atoms with E-state index < -0.39 is 0 Å². The maximum absolute atomic E-state index is 12.7. The van der Waals surface area contributed by atoms with Crippen LogP contribution in [0.2, 0.25) is 0 Å². The van der Waals surface area contributed by atoms with Gasteiger partial charge in [0.1, 0.15) is 5.82 Å². The van der Waals surface area contributed by atoms with Crippen molar-refractivity contribution in [2.75, 3.05) is 11.4 Å². The molecule has 0 bridgehead atoms. The fraction of sp³-hybridized carbons (Fsp3) is 0.238. The van der Waals surface area contributed by atoms with Gasteiger partial charge in [-0.3, -0.25) is 4.79 Å². The standard InChI is InChI=1S/C21H20BrN3O/c1-14-6-5-7-17(10-14)24-13-16(11-20(24)26)21-23-18-8-3-4-9-19(18)25(21)12-15(2)22/h3-10,16H,2,11-13H2,1H3/t16-/m1/s1. The molecule has 0 N–H and O–H groups in total. The summed E-state index contributed by atoms with van der Waals surface area (Å²) in [4.78, 5) is 19.4. The van der Waals surface area contributed by atoms with Crippen molar-refractivity contribution in [1.29, 1.82) is 0 Å². The molecule has 1 aromatic heterocycles. The van der Waals surface area contributed by atoms with E-state index in [0.717, 1.165) is 32.6 Å². The number of rotatable bonds is 4. The SMILES string of the molecule is C=C(Br)Cn1c([C@@H]2CC(=O)N(c3cccc(C)c3)C2)nc2ccccc21. The molecule has 1 amide bonds. The predicted molar refractivity (Wildman–Crippen MR) is 109 cm³/mol. The topological polar surface area (TPSA) is 38.1 Å². The summed E-state index contributed by atoms with van der Waals surface area (Å²) in [6.45, 7) is 7.32. The first-order valence-electron chi connectivity index (χ1n) is 8.68. The number of nitrogens with zero attached hydrogens (tertiary/aromatic N) is 3. The number of para-hydroxylation sites is 2. The lowest BCUT2D eigenvalue weighted by Gasteiger charge is -2.18. The van der Waals surface area contributed by atoms with Crippen molar-refractivity contribution in [3.8, 4) is 0 Å². The molecule has 1 aliphatic rings. The van der Waals surface area contributed by atoms with E-state index in [9.17, 15) is 4.79 Å². The third kappa shape index (κ3) is 3.07. The first-order valence-corrected chi connectivity index (χ1v) is 9.47. The molecule has 0 radical (unpaired) electrons. The van der Waals surface area contributed by atoms with Gasteiger partial charge in [0.05, 0.1) is 17.6 Å². The second kappa shape index (κ2) is 6.72. The van der Waals surface area contributed by atoms with Crippen LogP contribution in [-0.4, -0.2) is 22.0 Å². The molecule has 0 spiro atoms. The molecule has 4 rings (SSSR count). The fourth-order valence-electron chi connectivity index (χ4n) is 3.67. The quantitative estimate of drug-likeness (QED) is 0.621. The third-order valence-corrected chi connectivity index (χ3v) is 5.07. The molecule has 0 aliphatic carbocycles. The van der Waals surface area contributed by atoms with Crippen LogP contribution in [0, 0.1) is 6.92 Å². The van der Waals surface area contributed by atoms with Crippen molar-refractivity contribution in [3.05, 3.63) is 71.0 Å². The minimum atomic E-state index is 0.0715. The Labute approximate surface area is 161 Å². The van der Waals surface area contributed by atoms with E-state index in [-0.39, 0.29) is 11.8 Å². The van der Waals surface area contributed by atoms with Crippen molar-refractivity contribution in [1.82, 2.24) is 9.55 Å². The van der Waals surface area contributed by atoms with Crippen LogP contribution in [0.4, 0.5) is 5.69 Å². The molecule has 1 aliphatic heterocycles. The summed E-state index contributed by atoms with van der Waals surface area (Å²) in [6, 6.07) is 16.2. The summed E-state index contributed by atoms with van der Waals surface area (Å²) in [7, 11) is 0. The van der Waals surface area contributed by atoms with Crippen LogP contribution >= 0.6 is 15.9 Å². The summed E-state index contributed by atoms with van der Waals surface area (Å²) < 4.78 is 3.06. The molecule has 1 saturated heterocycles. The van der Waals surface area contributed by atoms with E-state index in [1.54, 1.807) is 0 Å². The number of amides is 1. The van der Waals surface area contributed by atoms with Crippen molar-refractivity contribution in [3.63, 3.8) is 0 Å². The molecule has 5 heteroatoms. The van der Waals surface area contributed by atoms with Crippen molar-refractivity contribution < 1.29 is 4.79 Å². The number of imidazole rings is 1. The number of aryl methyl sites for hydroxylation is 1. The minimum Gasteiger partial charge on any atom is -0.323 e. The Hall–Kier alpha value is -2.40. The summed E-state index contributed by atoms with van der Waals surface area (Å²) in [5.74, 6) is 1.18. The van der Waals surface area contributed by atoms with Gasteiger partial charge in [-0.25, -0.2) is 4.98 Å². The number of carbonyl (C=O) groups excluding carboxylic acids is 1. The minimum absolute atomic E-state index is 0.0715. The second-order valence-electron chi connectivity index (χ2n) is 6.81. The molecule has 0 unspecified atom stereocenters. The number of halogens is 1. The average molecular weight is 410 g/mol. The van der Waals surface area contributed by atoms with Crippen LogP contribution in [0.1, 0.15) is 23.7 Å². The third-order valence-electron chi connectivity index (χ3n) is 4.82. The lowest BCUT2D eigenvalue weighted by atomic mass is 10.1. The van der Waals surface area contributed by atoms with Gasteiger partial charge in [0.15, 0.2) is 0 Å². The molecule has 132 valence electrons. The highest BCUT2D eigenvalue weighted by molar-refractivity contribution is 9.11. The van der Waals surface area contributed by atoms with Gasteiger partial charge in [-0.1, -0.05) is 46.8 Å². The first-order chi connectivity index (χ1) is 12.5. The molecule has 0 saturated carbocycles. The average Bonchev–Trinajstić information content (AvgIpc) is 3.16. The van der Waals surface area contributed by atoms with Crippen molar-refractivity contribution in [2.45, 2.75) is 25.8 Å². The number of hydrogen-bond acceptors (Lipinski definition) is 2. The molecule has 26 heavy (non-hydrogen) atoms. The van der Waals surface area contributed by atoms with E-state index in [1.807, 2.05) is 48.2 Å². The summed E-state index contributed by atoms with van der Waals surface area (Å²) >= 11 is 3.47. The molecular formula is C21H20BrN3O. The number of aromatic nitrogens is 2. The molecule has 1 fully saturated rings. The number of allylic oxidation sites excluding steroid dienone is 1. The van der Waals surface area contributed by atoms with Crippen LogP contribution in [0.3, 0.4) is 0 Å². The van der Waals surface area contributed by atoms with E-state index in [1.165, 1.54) is 0 Å². The molecule has 3 aromatic rings. The van der Waals surface area contributed by atoms with Crippen LogP contribution < -0.4 is 4.90 Å². The monoisotopic (exact) mass is 409 g/mol. The zero-order valence-corrected chi connectivity index (χ0v) is 16.2. The lowest BCUT2D eigenvalue weighted by molar-refractivity contribution is -0.117. The lowest BCUT2D eigenvalue weighted by Crippen LogP contribution is -2.24. The van der Waals surface area contributed by atoms with E-state index in [4.69, 9.17) is 4.98 Å². The number of hydrogen-bond donors (Lipinski definition) is 0. The van der Waals surface area contributed by atoms with Crippen LogP contribution in [-0.2, 0) is 11.3 Å². The highest BCUT2D eigenvalue weighted by Gasteiger charge is 2.34. The summed E-state index contributed by atoms with van der Waals surface area (Å²) in [5.41, 5.74) is 4.15. The Morgan fingerprint density at radius 1 is 1.27 bits per heavy atom. The van der Waals surface area contributed by atoms with Gasteiger partial charge in [-0.05, 0) is 36.8 Å². The van der Waals surface area contributed by atoms with Crippen molar-refractivity contribution in [2.24, 2.45) is 0 Å². The van der Waals surface area contributed by atoms with Gasteiger partial charge in [-0.2, -0.15) is 0 Å². The zero-order chi connectivity index (χ0) is 18.3. The van der Waals surface area contributed by atoms with E-state index >= 15 is 0 Å². The van der Waals surface area contributed by atoms with Crippen LogP contribution in [0.15, 0.2) is 59.6 Å². The Bertz CT molecular complexity index is 1010. The first kappa shape index (κ1) is 17.0. The normalized spacial score (nSPS) is 17.2. The number of carbonyl (C=O) groups is 1. The summed E-state index contributed by atoms with van der Waals surface area (Å²) in [6.07, 6.45) is 0.478. The molecule has 4 nitrogen and oxygen atoms in total. The Balaban J connectivity index is 1.72. The van der Waals surface area contributed by atoms with Gasteiger partial charge in [0.2, 0.25) is 5.91 Å². The Morgan fingerprint density at radius 2 is 2.08 bits per heavy atom.